The van der Waals surface area contributed by atoms with Gasteiger partial charge in [0.15, 0.2) is 6.61 Å². The van der Waals surface area contributed by atoms with Crippen LogP contribution in [0.15, 0.2) is 51.7 Å². The Labute approximate surface area is 187 Å². The van der Waals surface area contributed by atoms with Gasteiger partial charge in [0.1, 0.15) is 17.1 Å². The molecular weight excluding hydrogens is 441 g/mol. The molecule has 0 radical (unpaired) electrons. The fourth-order valence-electron chi connectivity index (χ4n) is 3.15. The zero-order valence-corrected chi connectivity index (χ0v) is 18.3. The van der Waals surface area contributed by atoms with Crippen LogP contribution >= 0.6 is 0 Å². The van der Waals surface area contributed by atoms with Crippen LogP contribution in [0.4, 0.5) is 13.2 Å². The lowest BCUT2D eigenvalue weighted by molar-refractivity contribution is -0.152. The van der Waals surface area contributed by atoms with Gasteiger partial charge in [0.2, 0.25) is 11.2 Å². The monoisotopic (exact) mass is 464 g/mol. The molecule has 1 aromatic heterocycles. The van der Waals surface area contributed by atoms with Gasteiger partial charge in [-0.2, -0.15) is 13.2 Å². The van der Waals surface area contributed by atoms with E-state index in [0.717, 1.165) is 6.07 Å². The minimum atomic E-state index is -4.94. The van der Waals surface area contributed by atoms with E-state index in [0.29, 0.717) is 12.3 Å². The average Bonchev–Trinajstić information content (AvgIpc) is 2.76. The first-order valence-electron chi connectivity index (χ1n) is 10.2. The van der Waals surface area contributed by atoms with Crippen molar-refractivity contribution < 1.29 is 36.6 Å². The molecule has 0 aliphatic rings. The molecule has 176 valence electrons. The number of ether oxygens (including phenoxy) is 3. The maximum absolute atomic E-state index is 13.8. The van der Waals surface area contributed by atoms with Crippen molar-refractivity contribution in [3.8, 4) is 22.6 Å². The van der Waals surface area contributed by atoms with Gasteiger partial charge in [0, 0.05) is 11.6 Å². The van der Waals surface area contributed by atoms with Crippen LogP contribution in [0, 0.1) is 5.92 Å². The second-order valence-electron chi connectivity index (χ2n) is 7.68. The van der Waals surface area contributed by atoms with E-state index < -0.39 is 35.5 Å². The molecule has 6 nitrogen and oxygen atoms in total. The van der Waals surface area contributed by atoms with Crippen LogP contribution in [0.3, 0.4) is 0 Å². The van der Waals surface area contributed by atoms with Gasteiger partial charge in [-0.3, -0.25) is 4.79 Å². The zero-order valence-electron chi connectivity index (χ0n) is 18.3. The van der Waals surface area contributed by atoms with E-state index in [-0.39, 0.29) is 34.6 Å². The summed E-state index contributed by atoms with van der Waals surface area (Å²) in [5.41, 5.74) is -1.87. The number of fused-ring (bicyclic) bond motifs is 1. The summed E-state index contributed by atoms with van der Waals surface area (Å²) in [6, 6.07) is 9.69. The highest BCUT2D eigenvalue weighted by Gasteiger charge is 2.40. The number of rotatable bonds is 8. The summed E-state index contributed by atoms with van der Waals surface area (Å²) in [5, 5.41) is -0.0734. The third-order valence-electron chi connectivity index (χ3n) is 4.81. The molecule has 0 spiro atoms. The first kappa shape index (κ1) is 24.2. The van der Waals surface area contributed by atoms with E-state index in [1.165, 1.54) is 37.4 Å². The number of alkyl halides is 3. The van der Waals surface area contributed by atoms with Crippen LogP contribution in [0.5, 0.6) is 11.5 Å². The van der Waals surface area contributed by atoms with Crippen molar-refractivity contribution in [1.82, 2.24) is 0 Å². The lowest BCUT2D eigenvalue weighted by Crippen LogP contribution is -2.17. The Bertz CT molecular complexity index is 1200. The van der Waals surface area contributed by atoms with Crippen LogP contribution in [0.2, 0.25) is 0 Å². The Morgan fingerprint density at radius 1 is 1.12 bits per heavy atom. The highest BCUT2D eigenvalue weighted by Crippen LogP contribution is 2.40. The number of methoxy groups -OCH3 is 1. The van der Waals surface area contributed by atoms with Crippen LogP contribution in [-0.2, 0) is 15.7 Å². The third kappa shape index (κ3) is 5.66. The first-order chi connectivity index (χ1) is 15.6. The molecule has 0 aliphatic heterocycles. The summed E-state index contributed by atoms with van der Waals surface area (Å²) >= 11 is 0. The molecule has 0 bridgehead atoms. The van der Waals surface area contributed by atoms with Gasteiger partial charge in [-0.15, -0.1) is 0 Å². The van der Waals surface area contributed by atoms with Crippen LogP contribution in [-0.4, -0.2) is 26.3 Å². The SMILES string of the molecule is COc1ccccc1-c1c(C(F)(F)F)oc2cc(OCC(=O)OCCC(C)C)ccc2c1=O. The standard InChI is InChI=1S/C24H23F3O6/c1-14(2)10-11-31-20(28)13-32-15-8-9-17-19(12-15)33-23(24(25,26)27)21(22(17)29)16-6-4-5-7-18(16)30-3/h4-9,12,14H,10-11,13H2,1-3H3. The Balaban J connectivity index is 1.98. The summed E-state index contributed by atoms with van der Waals surface area (Å²) in [4.78, 5) is 24.9. The Hall–Kier alpha value is -3.49. The van der Waals surface area contributed by atoms with E-state index in [2.05, 4.69) is 0 Å². The van der Waals surface area contributed by atoms with E-state index in [4.69, 9.17) is 18.6 Å². The molecule has 3 aromatic rings. The van der Waals surface area contributed by atoms with Crippen molar-refractivity contribution in [1.29, 1.82) is 0 Å². The molecule has 9 heteroatoms. The zero-order chi connectivity index (χ0) is 24.2. The smallest absolute Gasteiger partial charge is 0.450 e. The molecule has 0 fully saturated rings. The number of carbonyl (C=O) groups is 1. The number of halogens is 3. The summed E-state index contributed by atoms with van der Waals surface area (Å²) in [7, 11) is 1.30. The second-order valence-corrected chi connectivity index (χ2v) is 7.68. The van der Waals surface area contributed by atoms with Crippen LogP contribution < -0.4 is 14.9 Å². The Morgan fingerprint density at radius 2 is 1.85 bits per heavy atom. The highest BCUT2D eigenvalue weighted by atomic mass is 19.4. The minimum Gasteiger partial charge on any atom is -0.496 e. The highest BCUT2D eigenvalue weighted by molar-refractivity contribution is 5.85. The molecule has 0 unspecified atom stereocenters. The van der Waals surface area contributed by atoms with Gasteiger partial charge in [0.05, 0.1) is 24.7 Å². The average molecular weight is 464 g/mol. The van der Waals surface area contributed by atoms with E-state index in [1.807, 2.05) is 13.8 Å². The number of para-hydroxylation sites is 1. The van der Waals surface area contributed by atoms with E-state index in [1.54, 1.807) is 6.07 Å². The fraction of sp³-hybridized carbons (Fsp3) is 0.333. The summed E-state index contributed by atoms with van der Waals surface area (Å²) in [6.45, 7) is 3.79. The van der Waals surface area contributed by atoms with Crippen molar-refractivity contribution in [2.24, 2.45) is 5.92 Å². The summed E-state index contributed by atoms with van der Waals surface area (Å²) in [6.07, 6.45) is -4.25. The van der Waals surface area contributed by atoms with Crippen molar-refractivity contribution in [2.75, 3.05) is 20.3 Å². The van der Waals surface area contributed by atoms with Crippen molar-refractivity contribution in [3.63, 3.8) is 0 Å². The number of esters is 1. The molecule has 0 amide bonds. The third-order valence-corrected chi connectivity index (χ3v) is 4.81. The first-order valence-corrected chi connectivity index (χ1v) is 10.2. The second kappa shape index (κ2) is 9.97. The largest absolute Gasteiger partial charge is 0.496 e. The van der Waals surface area contributed by atoms with Gasteiger partial charge in [-0.25, -0.2) is 4.79 Å². The maximum Gasteiger partial charge on any atom is 0.450 e. The molecule has 0 saturated carbocycles. The lowest BCUT2D eigenvalue weighted by atomic mass is 10.0. The van der Waals surface area contributed by atoms with Crippen molar-refractivity contribution in [3.05, 3.63) is 58.4 Å². The maximum atomic E-state index is 13.8. The topological polar surface area (TPSA) is 75.0 Å². The predicted molar refractivity (Wildman–Crippen MR) is 115 cm³/mol. The molecule has 0 saturated heterocycles. The van der Waals surface area contributed by atoms with Gasteiger partial charge >= 0.3 is 12.1 Å². The van der Waals surface area contributed by atoms with Gasteiger partial charge in [0.25, 0.3) is 0 Å². The van der Waals surface area contributed by atoms with Gasteiger partial charge < -0.3 is 18.6 Å². The lowest BCUT2D eigenvalue weighted by Gasteiger charge is -2.15. The Kier molecular flexibility index (Phi) is 7.30. The molecule has 0 atom stereocenters. The predicted octanol–water partition coefficient (Wildman–Crippen LogP) is 5.46. The summed E-state index contributed by atoms with van der Waals surface area (Å²) < 4.78 is 62.2. The van der Waals surface area contributed by atoms with Crippen LogP contribution in [0.25, 0.3) is 22.1 Å². The molecule has 33 heavy (non-hydrogen) atoms. The summed E-state index contributed by atoms with van der Waals surface area (Å²) in [5.74, 6) is -1.53. The van der Waals surface area contributed by atoms with Crippen molar-refractivity contribution in [2.45, 2.75) is 26.4 Å². The normalized spacial score (nSPS) is 11.6. The number of hydrogen-bond donors (Lipinski definition) is 0. The molecule has 3 rings (SSSR count). The molecule has 0 N–H and O–H groups in total. The molecule has 0 aliphatic carbocycles. The van der Waals surface area contributed by atoms with Crippen molar-refractivity contribution >= 4 is 16.9 Å². The van der Waals surface area contributed by atoms with E-state index in [9.17, 15) is 22.8 Å². The number of hydrogen-bond acceptors (Lipinski definition) is 6. The van der Waals surface area contributed by atoms with E-state index >= 15 is 0 Å². The quantitative estimate of drug-likeness (QED) is 0.413. The molecular formula is C24H23F3O6. The molecule has 1 heterocycles. The Morgan fingerprint density at radius 3 is 2.52 bits per heavy atom. The molecule has 2 aromatic carbocycles. The number of carbonyl (C=O) groups excluding carboxylic acids is 1. The number of benzene rings is 2. The minimum absolute atomic E-state index is 0.0348. The fourth-order valence-corrected chi connectivity index (χ4v) is 3.15. The van der Waals surface area contributed by atoms with Crippen LogP contribution in [0.1, 0.15) is 26.0 Å². The van der Waals surface area contributed by atoms with Gasteiger partial charge in [-0.05, 0) is 30.5 Å². The van der Waals surface area contributed by atoms with Gasteiger partial charge in [-0.1, -0.05) is 32.0 Å².